The van der Waals surface area contributed by atoms with Gasteiger partial charge in [0.25, 0.3) is 0 Å². The topological polar surface area (TPSA) is 56.7 Å². The van der Waals surface area contributed by atoms with Crippen LogP contribution < -0.4 is 5.73 Å². The number of nitrogens with zero attached hydrogens (tertiary/aromatic N) is 3. The fourth-order valence-electron chi connectivity index (χ4n) is 2.23. The van der Waals surface area contributed by atoms with E-state index in [-0.39, 0.29) is 0 Å². The van der Waals surface area contributed by atoms with Crippen molar-refractivity contribution in [2.24, 2.45) is 7.05 Å². The van der Waals surface area contributed by atoms with Gasteiger partial charge in [0.2, 0.25) is 0 Å². The third-order valence-electron chi connectivity index (χ3n) is 3.30. The summed E-state index contributed by atoms with van der Waals surface area (Å²) in [5.74, 6) is 0. The second kappa shape index (κ2) is 3.84. The molecule has 0 saturated heterocycles. The number of benzene rings is 1. The number of hydrogen-bond donors (Lipinski definition) is 1. The van der Waals surface area contributed by atoms with Gasteiger partial charge in [0.1, 0.15) is 0 Å². The van der Waals surface area contributed by atoms with Gasteiger partial charge in [0.05, 0.1) is 6.20 Å². The number of pyridine rings is 1. The van der Waals surface area contributed by atoms with E-state index in [0.29, 0.717) is 0 Å². The van der Waals surface area contributed by atoms with Crippen LogP contribution in [0.2, 0.25) is 0 Å². The normalized spacial score (nSPS) is 11.0. The molecule has 0 radical (unpaired) electrons. The molecule has 2 aromatic heterocycles. The largest absolute Gasteiger partial charge is 0.398 e. The molecule has 0 unspecified atom stereocenters. The molecule has 18 heavy (non-hydrogen) atoms. The quantitative estimate of drug-likeness (QED) is 0.663. The molecule has 0 fully saturated rings. The highest BCUT2D eigenvalue weighted by molar-refractivity contribution is 5.94. The van der Waals surface area contributed by atoms with Crippen LogP contribution in [0.15, 0.2) is 36.7 Å². The number of nitrogen functional groups attached to an aromatic ring is 1. The van der Waals surface area contributed by atoms with Crippen LogP contribution in [-0.4, -0.2) is 14.8 Å². The summed E-state index contributed by atoms with van der Waals surface area (Å²) in [7, 11) is 1.89. The van der Waals surface area contributed by atoms with E-state index in [0.717, 1.165) is 33.4 Å². The SMILES string of the molecule is Cc1c(N)cccc1-c1ccnc2c1cnn2C. The smallest absolute Gasteiger partial charge is 0.158 e. The summed E-state index contributed by atoms with van der Waals surface area (Å²) in [6.07, 6.45) is 3.66. The van der Waals surface area contributed by atoms with Crippen molar-refractivity contribution in [3.63, 3.8) is 0 Å². The first-order valence-electron chi connectivity index (χ1n) is 5.80. The predicted octanol–water partition coefficient (Wildman–Crippen LogP) is 2.53. The van der Waals surface area contributed by atoms with E-state index < -0.39 is 0 Å². The zero-order chi connectivity index (χ0) is 12.7. The Labute approximate surface area is 105 Å². The van der Waals surface area contributed by atoms with Crippen molar-refractivity contribution < 1.29 is 0 Å². The zero-order valence-corrected chi connectivity index (χ0v) is 10.4. The minimum Gasteiger partial charge on any atom is -0.398 e. The summed E-state index contributed by atoms with van der Waals surface area (Å²) in [4.78, 5) is 4.35. The Kier molecular flexibility index (Phi) is 2.30. The second-order valence-electron chi connectivity index (χ2n) is 4.38. The molecular weight excluding hydrogens is 224 g/mol. The molecule has 1 aromatic carbocycles. The van der Waals surface area contributed by atoms with Crippen LogP contribution in [-0.2, 0) is 7.05 Å². The number of rotatable bonds is 1. The highest BCUT2D eigenvalue weighted by Gasteiger charge is 2.10. The molecular formula is C14H14N4. The number of aryl methyl sites for hydroxylation is 1. The van der Waals surface area contributed by atoms with E-state index in [1.54, 1.807) is 4.68 Å². The molecule has 0 aliphatic rings. The first-order chi connectivity index (χ1) is 8.68. The number of aromatic nitrogens is 3. The van der Waals surface area contributed by atoms with Crippen molar-refractivity contribution in [3.8, 4) is 11.1 Å². The average Bonchev–Trinajstić information content (AvgIpc) is 2.75. The lowest BCUT2D eigenvalue weighted by Gasteiger charge is -2.09. The molecule has 0 atom stereocenters. The lowest BCUT2D eigenvalue weighted by Crippen LogP contribution is -1.94. The minimum atomic E-state index is 0.807. The van der Waals surface area contributed by atoms with Gasteiger partial charge in [-0.15, -0.1) is 0 Å². The highest BCUT2D eigenvalue weighted by Crippen LogP contribution is 2.31. The van der Waals surface area contributed by atoms with E-state index >= 15 is 0 Å². The molecule has 0 spiro atoms. The maximum Gasteiger partial charge on any atom is 0.158 e. The Morgan fingerprint density at radius 1 is 1.17 bits per heavy atom. The van der Waals surface area contributed by atoms with E-state index in [4.69, 9.17) is 5.73 Å². The molecule has 2 heterocycles. The number of nitrogens with two attached hydrogens (primary N) is 1. The van der Waals surface area contributed by atoms with Crippen LogP contribution in [0.5, 0.6) is 0 Å². The van der Waals surface area contributed by atoms with Crippen molar-refractivity contribution in [1.82, 2.24) is 14.8 Å². The number of hydrogen-bond acceptors (Lipinski definition) is 3. The highest BCUT2D eigenvalue weighted by atomic mass is 15.3. The molecule has 0 aliphatic carbocycles. The Morgan fingerprint density at radius 3 is 2.83 bits per heavy atom. The number of fused-ring (bicyclic) bond motifs is 1. The fraction of sp³-hybridized carbons (Fsp3) is 0.143. The Morgan fingerprint density at radius 2 is 2.00 bits per heavy atom. The molecule has 4 heteroatoms. The molecule has 3 aromatic rings. The Bertz CT molecular complexity index is 728. The van der Waals surface area contributed by atoms with Crippen molar-refractivity contribution in [3.05, 3.63) is 42.2 Å². The predicted molar refractivity (Wildman–Crippen MR) is 73.1 cm³/mol. The van der Waals surface area contributed by atoms with Gasteiger partial charge in [0, 0.05) is 24.3 Å². The molecule has 0 amide bonds. The zero-order valence-electron chi connectivity index (χ0n) is 10.4. The summed E-state index contributed by atoms with van der Waals surface area (Å²) >= 11 is 0. The molecule has 4 nitrogen and oxygen atoms in total. The number of anilines is 1. The van der Waals surface area contributed by atoms with E-state index in [9.17, 15) is 0 Å². The summed E-state index contributed by atoms with van der Waals surface area (Å²) in [6.45, 7) is 2.04. The minimum absolute atomic E-state index is 0.807. The van der Waals surface area contributed by atoms with Crippen molar-refractivity contribution in [1.29, 1.82) is 0 Å². The van der Waals surface area contributed by atoms with Gasteiger partial charge in [-0.3, -0.25) is 4.68 Å². The van der Waals surface area contributed by atoms with Gasteiger partial charge >= 0.3 is 0 Å². The molecule has 90 valence electrons. The van der Waals surface area contributed by atoms with Crippen LogP contribution in [0, 0.1) is 6.92 Å². The van der Waals surface area contributed by atoms with Crippen LogP contribution in [0.25, 0.3) is 22.2 Å². The molecule has 3 rings (SSSR count). The van der Waals surface area contributed by atoms with Crippen LogP contribution in [0.1, 0.15) is 5.56 Å². The third kappa shape index (κ3) is 1.46. The summed E-state index contributed by atoms with van der Waals surface area (Å²) < 4.78 is 1.78. The fourth-order valence-corrected chi connectivity index (χ4v) is 2.23. The summed E-state index contributed by atoms with van der Waals surface area (Å²) in [5.41, 5.74) is 11.0. The Hall–Kier alpha value is -2.36. The lowest BCUT2D eigenvalue weighted by atomic mass is 9.98. The van der Waals surface area contributed by atoms with E-state index in [1.165, 1.54) is 0 Å². The first kappa shape index (κ1) is 10.8. The maximum absolute atomic E-state index is 5.97. The summed E-state index contributed by atoms with van der Waals surface area (Å²) in [6, 6.07) is 7.97. The molecule has 2 N–H and O–H groups in total. The molecule has 0 bridgehead atoms. The molecule has 0 saturated carbocycles. The van der Waals surface area contributed by atoms with Crippen molar-refractivity contribution in [2.75, 3.05) is 5.73 Å². The van der Waals surface area contributed by atoms with Gasteiger partial charge in [-0.1, -0.05) is 12.1 Å². The van der Waals surface area contributed by atoms with Gasteiger partial charge in [-0.05, 0) is 35.7 Å². The standard InChI is InChI=1S/C14H14N4/c1-9-10(4-3-5-13(9)15)11-6-7-16-14-12(11)8-17-18(14)2/h3-8H,15H2,1-2H3. The molecule has 0 aliphatic heterocycles. The maximum atomic E-state index is 5.97. The Balaban J connectivity index is 2.35. The van der Waals surface area contributed by atoms with Gasteiger partial charge < -0.3 is 5.73 Å². The summed E-state index contributed by atoms with van der Waals surface area (Å²) in [5, 5.41) is 5.31. The second-order valence-corrected chi connectivity index (χ2v) is 4.38. The van der Waals surface area contributed by atoms with Gasteiger partial charge in [-0.25, -0.2) is 4.98 Å². The van der Waals surface area contributed by atoms with Crippen molar-refractivity contribution >= 4 is 16.7 Å². The van der Waals surface area contributed by atoms with Gasteiger partial charge in [-0.2, -0.15) is 5.10 Å². The first-order valence-corrected chi connectivity index (χ1v) is 5.80. The van der Waals surface area contributed by atoms with E-state index in [2.05, 4.69) is 16.1 Å². The van der Waals surface area contributed by atoms with Gasteiger partial charge in [0.15, 0.2) is 5.65 Å². The average molecular weight is 238 g/mol. The third-order valence-corrected chi connectivity index (χ3v) is 3.30. The monoisotopic (exact) mass is 238 g/mol. The van der Waals surface area contributed by atoms with E-state index in [1.807, 2.05) is 44.6 Å². The van der Waals surface area contributed by atoms with Crippen LogP contribution in [0.3, 0.4) is 0 Å². The van der Waals surface area contributed by atoms with Crippen LogP contribution >= 0.6 is 0 Å². The van der Waals surface area contributed by atoms with Crippen LogP contribution in [0.4, 0.5) is 5.69 Å². The van der Waals surface area contributed by atoms with Crippen molar-refractivity contribution in [2.45, 2.75) is 6.92 Å². The lowest BCUT2D eigenvalue weighted by molar-refractivity contribution is 0.786.